The van der Waals surface area contributed by atoms with Gasteiger partial charge in [0.25, 0.3) is 0 Å². The summed E-state index contributed by atoms with van der Waals surface area (Å²) in [4.78, 5) is 2.31. The van der Waals surface area contributed by atoms with Crippen LogP contribution in [-0.2, 0) is 0 Å². The summed E-state index contributed by atoms with van der Waals surface area (Å²) in [7, 11) is 0. The van der Waals surface area contributed by atoms with E-state index in [1.807, 2.05) is 12.1 Å². The third kappa shape index (κ3) is 3.45. The van der Waals surface area contributed by atoms with Crippen LogP contribution in [0.5, 0.6) is 5.75 Å². The molecule has 0 amide bonds. The highest BCUT2D eigenvalue weighted by Crippen LogP contribution is 2.12. The largest absolute Gasteiger partial charge is 0.492 e. The van der Waals surface area contributed by atoms with E-state index in [4.69, 9.17) is 15.7 Å². The number of hydrogen-bond acceptors (Lipinski definition) is 4. The van der Waals surface area contributed by atoms with Crippen LogP contribution in [0.25, 0.3) is 0 Å². The molecule has 0 aliphatic carbocycles. The minimum atomic E-state index is 0.324. The fourth-order valence-corrected chi connectivity index (χ4v) is 1.98. The second kappa shape index (κ2) is 5.67. The summed E-state index contributed by atoms with van der Waals surface area (Å²) in [5.41, 5.74) is 6.48. The van der Waals surface area contributed by atoms with Gasteiger partial charge in [0.2, 0.25) is 0 Å². The monoisotopic (exact) mass is 231 g/mol. The average molecular weight is 231 g/mol. The number of benzene rings is 1. The summed E-state index contributed by atoms with van der Waals surface area (Å²) in [5.74, 6) is 0.812. The van der Waals surface area contributed by atoms with E-state index in [9.17, 15) is 0 Å². The normalized spacial score (nSPS) is 20.1. The van der Waals surface area contributed by atoms with Gasteiger partial charge in [0.05, 0.1) is 11.6 Å². The molecule has 4 heteroatoms. The van der Waals surface area contributed by atoms with Gasteiger partial charge in [-0.3, -0.25) is 4.90 Å². The molecule has 1 atom stereocenters. The predicted molar refractivity (Wildman–Crippen MR) is 65.7 cm³/mol. The average Bonchev–Trinajstić information content (AvgIpc) is 2.76. The number of nitrogens with two attached hydrogens (primary N) is 1. The molecule has 0 unspecified atom stereocenters. The van der Waals surface area contributed by atoms with Crippen LogP contribution >= 0.6 is 0 Å². The lowest BCUT2D eigenvalue weighted by Gasteiger charge is -2.15. The second-order valence-electron chi connectivity index (χ2n) is 4.33. The maximum Gasteiger partial charge on any atom is 0.119 e. The second-order valence-corrected chi connectivity index (χ2v) is 4.33. The Morgan fingerprint density at radius 2 is 2.18 bits per heavy atom. The third-order valence-electron chi connectivity index (χ3n) is 2.97. The summed E-state index contributed by atoms with van der Waals surface area (Å²) in [6, 6.07) is 9.59. The molecule has 1 aliphatic heterocycles. The van der Waals surface area contributed by atoms with Gasteiger partial charge in [-0.2, -0.15) is 5.26 Å². The third-order valence-corrected chi connectivity index (χ3v) is 2.97. The molecule has 0 aromatic heterocycles. The summed E-state index contributed by atoms with van der Waals surface area (Å²) >= 11 is 0. The molecule has 1 heterocycles. The molecule has 2 N–H and O–H groups in total. The Bertz CT molecular complexity index is 396. The van der Waals surface area contributed by atoms with Crippen molar-refractivity contribution in [2.24, 2.45) is 5.73 Å². The van der Waals surface area contributed by atoms with Crippen molar-refractivity contribution in [2.45, 2.75) is 12.5 Å². The summed E-state index contributed by atoms with van der Waals surface area (Å²) in [6.07, 6.45) is 1.08. The van der Waals surface area contributed by atoms with Crippen LogP contribution in [0, 0.1) is 11.3 Å². The zero-order valence-electron chi connectivity index (χ0n) is 9.80. The maximum absolute atomic E-state index is 8.66. The highest BCUT2D eigenvalue weighted by molar-refractivity contribution is 5.34. The van der Waals surface area contributed by atoms with Gasteiger partial charge in [-0.15, -0.1) is 0 Å². The Morgan fingerprint density at radius 3 is 2.76 bits per heavy atom. The van der Waals surface area contributed by atoms with Gasteiger partial charge in [-0.05, 0) is 37.2 Å². The van der Waals surface area contributed by atoms with Crippen molar-refractivity contribution >= 4 is 0 Å². The van der Waals surface area contributed by atoms with Gasteiger partial charge in [0, 0.05) is 19.1 Å². The molecule has 1 aromatic carbocycles. The van der Waals surface area contributed by atoms with Crippen molar-refractivity contribution in [3.63, 3.8) is 0 Å². The fraction of sp³-hybridized carbons (Fsp3) is 0.462. The van der Waals surface area contributed by atoms with Gasteiger partial charge < -0.3 is 10.5 Å². The molecule has 0 saturated carbocycles. The van der Waals surface area contributed by atoms with Gasteiger partial charge in [-0.1, -0.05) is 0 Å². The highest BCUT2D eigenvalue weighted by Gasteiger charge is 2.18. The van der Waals surface area contributed by atoms with E-state index in [0.717, 1.165) is 31.8 Å². The molecular formula is C13H17N3O. The van der Waals surface area contributed by atoms with Gasteiger partial charge in [0.1, 0.15) is 12.4 Å². The minimum absolute atomic E-state index is 0.324. The van der Waals surface area contributed by atoms with E-state index in [1.165, 1.54) is 0 Å². The zero-order chi connectivity index (χ0) is 12.1. The van der Waals surface area contributed by atoms with Gasteiger partial charge in [-0.25, -0.2) is 0 Å². The molecule has 90 valence electrons. The molecule has 0 bridgehead atoms. The Hall–Kier alpha value is -1.57. The first kappa shape index (κ1) is 11.9. The molecule has 4 nitrogen and oxygen atoms in total. The van der Waals surface area contributed by atoms with Crippen molar-refractivity contribution in [3.05, 3.63) is 29.8 Å². The van der Waals surface area contributed by atoms with Crippen molar-refractivity contribution < 1.29 is 4.74 Å². The topological polar surface area (TPSA) is 62.3 Å². The Balaban J connectivity index is 1.73. The first-order chi connectivity index (χ1) is 8.28. The van der Waals surface area contributed by atoms with Crippen molar-refractivity contribution in [1.29, 1.82) is 5.26 Å². The zero-order valence-corrected chi connectivity index (χ0v) is 9.80. The Labute approximate surface area is 102 Å². The van der Waals surface area contributed by atoms with Crippen LogP contribution in [0.15, 0.2) is 24.3 Å². The number of likely N-dealkylation sites (tertiary alicyclic amines) is 1. The van der Waals surface area contributed by atoms with Crippen molar-refractivity contribution in [2.75, 3.05) is 26.2 Å². The van der Waals surface area contributed by atoms with Crippen LogP contribution in [0.3, 0.4) is 0 Å². The Morgan fingerprint density at radius 1 is 1.41 bits per heavy atom. The predicted octanol–water partition coefficient (Wildman–Crippen LogP) is 0.970. The van der Waals surface area contributed by atoms with Crippen LogP contribution in [-0.4, -0.2) is 37.2 Å². The van der Waals surface area contributed by atoms with E-state index in [0.29, 0.717) is 18.2 Å². The lowest BCUT2D eigenvalue weighted by atomic mass is 10.2. The Kier molecular flexibility index (Phi) is 3.97. The molecule has 17 heavy (non-hydrogen) atoms. The van der Waals surface area contributed by atoms with Crippen LogP contribution < -0.4 is 10.5 Å². The van der Waals surface area contributed by atoms with Crippen molar-refractivity contribution in [3.8, 4) is 11.8 Å². The molecular weight excluding hydrogens is 214 g/mol. The number of hydrogen-bond donors (Lipinski definition) is 1. The minimum Gasteiger partial charge on any atom is -0.492 e. The van der Waals surface area contributed by atoms with E-state index < -0.39 is 0 Å². The SMILES string of the molecule is N#Cc1ccc(OCCN2CC[C@H](N)C2)cc1. The maximum atomic E-state index is 8.66. The van der Waals surface area contributed by atoms with Gasteiger partial charge in [0.15, 0.2) is 0 Å². The molecule has 0 radical (unpaired) electrons. The number of ether oxygens (including phenoxy) is 1. The van der Waals surface area contributed by atoms with Crippen molar-refractivity contribution in [1.82, 2.24) is 4.90 Å². The number of nitriles is 1. The van der Waals surface area contributed by atoms with E-state index in [1.54, 1.807) is 12.1 Å². The van der Waals surface area contributed by atoms with Crippen LogP contribution in [0.1, 0.15) is 12.0 Å². The number of nitrogens with zero attached hydrogens (tertiary/aromatic N) is 2. The molecule has 1 fully saturated rings. The lowest BCUT2D eigenvalue weighted by Crippen LogP contribution is -2.29. The lowest BCUT2D eigenvalue weighted by molar-refractivity contribution is 0.236. The molecule has 1 aliphatic rings. The molecule has 1 saturated heterocycles. The standard InChI is InChI=1S/C13H17N3O/c14-9-11-1-3-13(4-2-11)17-8-7-16-6-5-12(15)10-16/h1-4,12H,5-8,10,15H2/t12-/m0/s1. The van der Waals surface area contributed by atoms with E-state index in [2.05, 4.69) is 11.0 Å². The summed E-state index contributed by atoms with van der Waals surface area (Å²) in [6.45, 7) is 3.61. The first-order valence-corrected chi connectivity index (χ1v) is 5.89. The summed E-state index contributed by atoms with van der Waals surface area (Å²) in [5, 5.41) is 8.66. The van der Waals surface area contributed by atoms with Crippen LogP contribution in [0.4, 0.5) is 0 Å². The first-order valence-electron chi connectivity index (χ1n) is 5.89. The van der Waals surface area contributed by atoms with E-state index in [-0.39, 0.29) is 0 Å². The number of rotatable bonds is 4. The molecule has 1 aromatic rings. The van der Waals surface area contributed by atoms with E-state index >= 15 is 0 Å². The van der Waals surface area contributed by atoms with Gasteiger partial charge >= 0.3 is 0 Å². The summed E-state index contributed by atoms with van der Waals surface area (Å²) < 4.78 is 5.61. The smallest absolute Gasteiger partial charge is 0.119 e. The van der Waals surface area contributed by atoms with Crippen LogP contribution in [0.2, 0.25) is 0 Å². The fourth-order valence-electron chi connectivity index (χ4n) is 1.98. The molecule has 2 rings (SSSR count). The quantitative estimate of drug-likeness (QED) is 0.838. The molecule has 0 spiro atoms. The highest BCUT2D eigenvalue weighted by atomic mass is 16.5.